The predicted octanol–water partition coefficient (Wildman–Crippen LogP) is 4.38. The molecular formula is C16H8Br2O3. The second-order valence-electron chi connectivity index (χ2n) is 4.59. The van der Waals surface area contributed by atoms with Crippen LogP contribution in [0.15, 0.2) is 50.9 Å². The van der Waals surface area contributed by atoms with Crippen molar-refractivity contribution in [1.82, 2.24) is 0 Å². The topological polar surface area (TPSA) is 54.4 Å². The molecule has 21 heavy (non-hydrogen) atoms. The number of fused-ring (bicyclic) bond motifs is 1. The number of hydrogen-bond donors (Lipinski definition) is 1. The first kappa shape index (κ1) is 14.2. The number of carbonyl (C=O) groups is 2. The van der Waals surface area contributed by atoms with Crippen LogP contribution in [-0.4, -0.2) is 16.7 Å². The molecule has 0 saturated heterocycles. The third kappa shape index (κ3) is 2.36. The standard InChI is InChI=1S/C16H8Br2O3/c17-12-6-8(14(19)7-13(12)18)5-11-15(20)9-3-1-2-4-10(9)16(11)21/h1-7,19H. The number of Topliss-reactive ketones (excluding diaryl/α,β-unsaturated/α-hetero) is 2. The summed E-state index contributed by atoms with van der Waals surface area (Å²) in [4.78, 5) is 24.6. The fourth-order valence-corrected chi connectivity index (χ4v) is 2.92. The average Bonchev–Trinajstić information content (AvgIpc) is 2.70. The van der Waals surface area contributed by atoms with Crippen molar-refractivity contribution >= 4 is 49.5 Å². The second kappa shape index (κ2) is 5.24. The fourth-order valence-electron chi connectivity index (χ4n) is 2.23. The van der Waals surface area contributed by atoms with E-state index < -0.39 is 0 Å². The van der Waals surface area contributed by atoms with Gasteiger partial charge >= 0.3 is 0 Å². The SMILES string of the molecule is O=C1C(=Cc2cc(Br)c(Br)cc2O)C(=O)c2ccccc21. The van der Waals surface area contributed by atoms with Gasteiger partial charge in [0.15, 0.2) is 11.6 Å². The molecule has 0 aromatic heterocycles. The molecule has 2 aromatic carbocycles. The van der Waals surface area contributed by atoms with Crippen LogP contribution in [0.4, 0.5) is 0 Å². The Morgan fingerprint density at radius 1 is 0.905 bits per heavy atom. The molecule has 0 unspecified atom stereocenters. The predicted molar refractivity (Wildman–Crippen MR) is 86.6 cm³/mol. The maximum Gasteiger partial charge on any atom is 0.197 e. The summed E-state index contributed by atoms with van der Waals surface area (Å²) in [7, 11) is 0. The second-order valence-corrected chi connectivity index (χ2v) is 6.30. The summed E-state index contributed by atoms with van der Waals surface area (Å²) in [5.74, 6) is -0.628. The quantitative estimate of drug-likeness (QED) is 0.563. The molecule has 1 aliphatic rings. The van der Waals surface area contributed by atoms with E-state index in [0.717, 1.165) is 4.47 Å². The van der Waals surface area contributed by atoms with Gasteiger partial charge in [0, 0.05) is 25.6 Å². The highest BCUT2D eigenvalue weighted by molar-refractivity contribution is 9.13. The lowest BCUT2D eigenvalue weighted by molar-refractivity contribution is 0.0990. The van der Waals surface area contributed by atoms with E-state index in [1.807, 2.05) is 0 Å². The van der Waals surface area contributed by atoms with Crippen LogP contribution in [0.3, 0.4) is 0 Å². The van der Waals surface area contributed by atoms with Gasteiger partial charge in [-0.2, -0.15) is 0 Å². The summed E-state index contributed by atoms with van der Waals surface area (Å²) in [5, 5.41) is 9.95. The first-order valence-corrected chi connectivity index (χ1v) is 7.66. The maximum absolute atomic E-state index is 12.3. The van der Waals surface area contributed by atoms with Gasteiger partial charge in [-0.3, -0.25) is 9.59 Å². The average molecular weight is 408 g/mol. The van der Waals surface area contributed by atoms with Gasteiger partial charge in [0.25, 0.3) is 0 Å². The Kier molecular flexibility index (Phi) is 3.55. The fraction of sp³-hybridized carbons (Fsp3) is 0. The number of rotatable bonds is 1. The minimum Gasteiger partial charge on any atom is -0.507 e. The van der Waals surface area contributed by atoms with Crippen molar-refractivity contribution in [2.24, 2.45) is 0 Å². The Morgan fingerprint density at radius 2 is 1.43 bits per heavy atom. The van der Waals surface area contributed by atoms with Crippen molar-refractivity contribution in [3.8, 4) is 5.75 Å². The molecule has 0 amide bonds. The number of phenols is 1. The largest absolute Gasteiger partial charge is 0.507 e. The molecule has 0 fully saturated rings. The number of phenolic OH excluding ortho intramolecular Hbond substituents is 1. The number of aromatic hydroxyl groups is 1. The highest BCUT2D eigenvalue weighted by Gasteiger charge is 2.32. The number of allylic oxidation sites excluding steroid dienone is 1. The zero-order chi connectivity index (χ0) is 15.1. The van der Waals surface area contributed by atoms with E-state index in [0.29, 0.717) is 21.2 Å². The summed E-state index contributed by atoms with van der Waals surface area (Å²) < 4.78 is 1.41. The third-order valence-electron chi connectivity index (χ3n) is 3.27. The lowest BCUT2D eigenvalue weighted by Gasteiger charge is -2.03. The Bertz CT molecular complexity index is 785. The molecule has 0 aliphatic heterocycles. The molecule has 0 atom stereocenters. The van der Waals surface area contributed by atoms with Crippen molar-refractivity contribution in [1.29, 1.82) is 0 Å². The van der Waals surface area contributed by atoms with Crippen molar-refractivity contribution < 1.29 is 14.7 Å². The minimum absolute atomic E-state index is 0.00543. The summed E-state index contributed by atoms with van der Waals surface area (Å²) in [6, 6.07) is 9.87. The van der Waals surface area contributed by atoms with E-state index >= 15 is 0 Å². The van der Waals surface area contributed by atoms with Crippen LogP contribution in [0.25, 0.3) is 6.08 Å². The number of ketones is 2. The summed E-state index contributed by atoms with van der Waals surface area (Å²) >= 11 is 6.61. The maximum atomic E-state index is 12.3. The summed E-state index contributed by atoms with van der Waals surface area (Å²) in [5.41, 5.74) is 1.30. The van der Waals surface area contributed by atoms with Gasteiger partial charge in [-0.1, -0.05) is 24.3 Å². The van der Waals surface area contributed by atoms with Gasteiger partial charge < -0.3 is 5.11 Å². The summed E-state index contributed by atoms with van der Waals surface area (Å²) in [6.07, 6.45) is 1.43. The van der Waals surface area contributed by atoms with Crippen LogP contribution in [0.5, 0.6) is 5.75 Å². The van der Waals surface area contributed by atoms with Crippen LogP contribution in [-0.2, 0) is 0 Å². The van der Waals surface area contributed by atoms with Crippen LogP contribution in [0.2, 0.25) is 0 Å². The van der Waals surface area contributed by atoms with Crippen LogP contribution >= 0.6 is 31.9 Å². The van der Waals surface area contributed by atoms with Gasteiger partial charge in [-0.15, -0.1) is 0 Å². The number of benzene rings is 2. The molecule has 1 N–H and O–H groups in total. The molecule has 0 spiro atoms. The molecule has 0 heterocycles. The molecule has 104 valence electrons. The van der Waals surface area contributed by atoms with E-state index in [-0.39, 0.29) is 22.9 Å². The zero-order valence-corrected chi connectivity index (χ0v) is 13.7. The third-order valence-corrected chi connectivity index (χ3v) is 5.12. The Morgan fingerprint density at radius 3 is 2.00 bits per heavy atom. The zero-order valence-electron chi connectivity index (χ0n) is 10.6. The monoisotopic (exact) mass is 406 g/mol. The lowest BCUT2D eigenvalue weighted by atomic mass is 10.1. The van der Waals surface area contributed by atoms with Gasteiger partial charge in [0.2, 0.25) is 0 Å². The summed E-state index contributed by atoms with van der Waals surface area (Å²) in [6.45, 7) is 0. The van der Waals surface area contributed by atoms with E-state index in [9.17, 15) is 14.7 Å². The molecule has 3 rings (SSSR count). The van der Waals surface area contributed by atoms with E-state index in [2.05, 4.69) is 31.9 Å². The molecule has 2 aromatic rings. The lowest BCUT2D eigenvalue weighted by Crippen LogP contribution is -2.00. The first-order valence-electron chi connectivity index (χ1n) is 6.07. The molecule has 3 nitrogen and oxygen atoms in total. The molecule has 0 radical (unpaired) electrons. The van der Waals surface area contributed by atoms with Gasteiger partial charge in [-0.05, 0) is 50.1 Å². The Labute approximate surface area is 137 Å². The van der Waals surface area contributed by atoms with Crippen LogP contribution in [0.1, 0.15) is 26.3 Å². The molecule has 0 bridgehead atoms. The van der Waals surface area contributed by atoms with Crippen molar-refractivity contribution in [3.05, 3.63) is 67.6 Å². The highest BCUT2D eigenvalue weighted by Crippen LogP contribution is 2.34. The smallest absolute Gasteiger partial charge is 0.197 e. The molecule has 1 aliphatic carbocycles. The molecular weight excluding hydrogens is 400 g/mol. The van der Waals surface area contributed by atoms with E-state index in [1.54, 1.807) is 30.3 Å². The number of halogens is 2. The van der Waals surface area contributed by atoms with Gasteiger partial charge in [-0.25, -0.2) is 0 Å². The van der Waals surface area contributed by atoms with Gasteiger partial charge in [0.1, 0.15) is 5.75 Å². The van der Waals surface area contributed by atoms with Crippen LogP contribution in [0, 0.1) is 0 Å². The molecule has 5 heteroatoms. The molecule has 0 saturated carbocycles. The van der Waals surface area contributed by atoms with E-state index in [4.69, 9.17) is 0 Å². The first-order chi connectivity index (χ1) is 9.99. The van der Waals surface area contributed by atoms with Crippen molar-refractivity contribution in [2.45, 2.75) is 0 Å². The number of hydrogen-bond acceptors (Lipinski definition) is 3. The van der Waals surface area contributed by atoms with E-state index in [1.165, 1.54) is 12.1 Å². The van der Waals surface area contributed by atoms with Crippen molar-refractivity contribution in [3.63, 3.8) is 0 Å². The number of carbonyl (C=O) groups excluding carboxylic acids is 2. The van der Waals surface area contributed by atoms with Crippen molar-refractivity contribution in [2.75, 3.05) is 0 Å². The van der Waals surface area contributed by atoms with Crippen LogP contribution < -0.4 is 0 Å². The van der Waals surface area contributed by atoms with Gasteiger partial charge in [0.05, 0.1) is 5.57 Å². The normalized spacial score (nSPS) is 13.5. The highest BCUT2D eigenvalue weighted by atomic mass is 79.9. The minimum atomic E-state index is -0.311. The Balaban J connectivity index is 2.13. The Hall–Kier alpha value is -1.72.